The monoisotopic (exact) mass is 375 g/mol. The smallest absolute Gasteiger partial charge is 0.256 e. The van der Waals surface area contributed by atoms with E-state index >= 15 is 0 Å². The van der Waals surface area contributed by atoms with Crippen molar-refractivity contribution in [1.82, 2.24) is 14.8 Å². The summed E-state index contributed by atoms with van der Waals surface area (Å²) in [7, 11) is 0. The minimum absolute atomic E-state index is 0.134. The maximum atomic E-state index is 12.5. The van der Waals surface area contributed by atoms with Gasteiger partial charge in [0.05, 0.1) is 0 Å². The van der Waals surface area contributed by atoms with Crippen LogP contribution in [0.5, 0.6) is 0 Å². The molecule has 0 bridgehead atoms. The van der Waals surface area contributed by atoms with Gasteiger partial charge in [0.15, 0.2) is 5.82 Å². The molecule has 1 aliphatic rings. The predicted molar refractivity (Wildman–Crippen MR) is 106 cm³/mol. The third-order valence-electron chi connectivity index (χ3n) is 4.78. The number of nitrogens with one attached hydrogen (secondary N) is 1. The molecule has 0 atom stereocenters. The zero-order chi connectivity index (χ0) is 19.3. The Hall–Kier alpha value is -3.48. The third-order valence-corrected chi connectivity index (χ3v) is 4.78. The van der Waals surface area contributed by atoms with E-state index < -0.39 is 0 Å². The first-order valence-corrected chi connectivity index (χ1v) is 9.33. The number of rotatable bonds is 6. The van der Waals surface area contributed by atoms with Crippen LogP contribution < -0.4 is 10.2 Å². The quantitative estimate of drug-likeness (QED) is 0.718. The summed E-state index contributed by atoms with van der Waals surface area (Å²) in [6.07, 6.45) is 7.70. The van der Waals surface area contributed by atoms with Gasteiger partial charge in [0.2, 0.25) is 5.91 Å². The second-order valence-electron chi connectivity index (χ2n) is 6.72. The van der Waals surface area contributed by atoms with Gasteiger partial charge >= 0.3 is 0 Å². The van der Waals surface area contributed by atoms with Crippen LogP contribution in [0.25, 0.3) is 0 Å². The van der Waals surface area contributed by atoms with E-state index in [1.54, 1.807) is 40.2 Å². The highest BCUT2D eigenvalue weighted by molar-refractivity contribution is 6.04. The summed E-state index contributed by atoms with van der Waals surface area (Å²) in [6, 6.07) is 12.8. The maximum Gasteiger partial charge on any atom is 0.256 e. The Morgan fingerprint density at radius 2 is 1.86 bits per heavy atom. The molecule has 7 nitrogen and oxygen atoms in total. The number of aryl methyl sites for hydroxylation is 2. The fourth-order valence-electron chi connectivity index (χ4n) is 3.25. The molecule has 0 radical (unpaired) electrons. The zero-order valence-electron chi connectivity index (χ0n) is 15.4. The largest absolute Gasteiger partial charge is 0.312 e. The molecule has 1 saturated heterocycles. The molecule has 1 aromatic carbocycles. The number of hydrogen-bond acceptors (Lipinski definition) is 4. The Labute approximate surface area is 163 Å². The van der Waals surface area contributed by atoms with Crippen LogP contribution in [0, 0.1) is 0 Å². The van der Waals surface area contributed by atoms with Crippen molar-refractivity contribution in [3.05, 3.63) is 72.2 Å². The van der Waals surface area contributed by atoms with E-state index in [1.165, 1.54) is 5.56 Å². The van der Waals surface area contributed by atoms with Crippen LogP contribution in [0.2, 0.25) is 0 Å². The van der Waals surface area contributed by atoms with E-state index in [0.717, 1.165) is 31.6 Å². The van der Waals surface area contributed by atoms with E-state index in [1.807, 2.05) is 30.5 Å². The second-order valence-corrected chi connectivity index (χ2v) is 6.72. The molecule has 2 amide bonds. The van der Waals surface area contributed by atoms with E-state index in [4.69, 9.17) is 0 Å². The highest BCUT2D eigenvalue weighted by Gasteiger charge is 2.21. The molecule has 1 aliphatic heterocycles. The third kappa shape index (κ3) is 4.09. The number of carbonyl (C=O) groups excluding carboxylic acids is 2. The molecule has 142 valence electrons. The summed E-state index contributed by atoms with van der Waals surface area (Å²) >= 11 is 0. The lowest BCUT2D eigenvalue weighted by molar-refractivity contribution is -0.117. The number of nitrogens with zero attached hydrogens (tertiary/aromatic N) is 4. The van der Waals surface area contributed by atoms with Gasteiger partial charge in [-0.2, -0.15) is 5.10 Å². The van der Waals surface area contributed by atoms with Gasteiger partial charge in [0.25, 0.3) is 5.91 Å². The van der Waals surface area contributed by atoms with E-state index in [2.05, 4.69) is 15.4 Å². The van der Waals surface area contributed by atoms with E-state index in [9.17, 15) is 9.59 Å². The zero-order valence-corrected chi connectivity index (χ0v) is 15.4. The lowest BCUT2D eigenvalue weighted by Crippen LogP contribution is -2.23. The van der Waals surface area contributed by atoms with Crippen molar-refractivity contribution in [2.75, 3.05) is 16.8 Å². The Kier molecular flexibility index (Phi) is 5.14. The van der Waals surface area contributed by atoms with Gasteiger partial charge < -0.3 is 10.2 Å². The van der Waals surface area contributed by atoms with Crippen molar-refractivity contribution in [1.29, 1.82) is 0 Å². The molecule has 3 heterocycles. The van der Waals surface area contributed by atoms with Crippen molar-refractivity contribution in [2.45, 2.75) is 25.8 Å². The van der Waals surface area contributed by atoms with Crippen LogP contribution in [-0.2, 0) is 17.8 Å². The van der Waals surface area contributed by atoms with Crippen LogP contribution in [0.3, 0.4) is 0 Å². The fraction of sp³-hybridized carbons (Fsp3) is 0.238. The molecule has 0 spiro atoms. The Morgan fingerprint density at radius 1 is 1.07 bits per heavy atom. The molecule has 1 fully saturated rings. The Morgan fingerprint density at radius 3 is 2.57 bits per heavy atom. The van der Waals surface area contributed by atoms with Crippen LogP contribution >= 0.6 is 0 Å². The Bertz CT molecular complexity index is 966. The summed E-state index contributed by atoms with van der Waals surface area (Å²) in [5.41, 5.74) is 2.55. The minimum atomic E-state index is -0.223. The standard InChI is InChI=1S/C21H21N5O2/c27-20-2-1-13-26(20)18-5-3-17(4-6-18)21(28)23-19-10-15-25(24-19)14-9-16-7-11-22-12-8-16/h3-8,10-12,15H,1-2,9,13-14H2,(H,23,24,28). The van der Waals surface area contributed by atoms with Gasteiger partial charge in [0, 0.05) is 55.4 Å². The van der Waals surface area contributed by atoms with Gasteiger partial charge in [-0.1, -0.05) is 0 Å². The number of hydrogen-bond donors (Lipinski definition) is 1. The summed E-state index contributed by atoms with van der Waals surface area (Å²) < 4.78 is 1.80. The van der Waals surface area contributed by atoms with Gasteiger partial charge in [0.1, 0.15) is 0 Å². The van der Waals surface area contributed by atoms with Gasteiger partial charge in [-0.15, -0.1) is 0 Å². The van der Waals surface area contributed by atoms with E-state index in [0.29, 0.717) is 17.8 Å². The number of benzene rings is 1. The maximum absolute atomic E-state index is 12.5. The molecule has 3 aromatic rings. The highest BCUT2D eigenvalue weighted by Crippen LogP contribution is 2.21. The molecule has 28 heavy (non-hydrogen) atoms. The summed E-state index contributed by atoms with van der Waals surface area (Å²) in [5, 5.41) is 7.21. The van der Waals surface area contributed by atoms with Crippen LogP contribution in [0.4, 0.5) is 11.5 Å². The average molecular weight is 375 g/mol. The fourth-order valence-corrected chi connectivity index (χ4v) is 3.25. The molecule has 7 heteroatoms. The first-order valence-electron chi connectivity index (χ1n) is 9.33. The second kappa shape index (κ2) is 8.04. The summed E-state index contributed by atoms with van der Waals surface area (Å²) in [4.78, 5) is 30.0. The SMILES string of the molecule is O=C(Nc1ccn(CCc2ccncc2)n1)c1ccc(N2CCCC2=O)cc1. The van der Waals surface area contributed by atoms with Crippen molar-refractivity contribution in [2.24, 2.45) is 0 Å². The average Bonchev–Trinajstić information content (AvgIpc) is 3.36. The number of carbonyl (C=O) groups is 2. The molecule has 0 unspecified atom stereocenters. The molecule has 0 saturated carbocycles. The van der Waals surface area contributed by atoms with Crippen molar-refractivity contribution >= 4 is 23.3 Å². The highest BCUT2D eigenvalue weighted by atomic mass is 16.2. The predicted octanol–water partition coefficient (Wildman–Crippen LogP) is 2.90. The minimum Gasteiger partial charge on any atom is -0.312 e. The van der Waals surface area contributed by atoms with Gasteiger partial charge in [-0.05, 0) is 54.8 Å². The van der Waals surface area contributed by atoms with Gasteiger partial charge in [-0.25, -0.2) is 0 Å². The van der Waals surface area contributed by atoms with E-state index in [-0.39, 0.29) is 11.8 Å². The van der Waals surface area contributed by atoms with Gasteiger partial charge in [-0.3, -0.25) is 19.3 Å². The molecule has 2 aromatic heterocycles. The number of anilines is 2. The molecule has 4 rings (SSSR count). The molecule has 1 N–H and O–H groups in total. The van der Waals surface area contributed by atoms with Crippen LogP contribution in [0.1, 0.15) is 28.8 Å². The molecular weight excluding hydrogens is 354 g/mol. The van der Waals surface area contributed by atoms with Crippen molar-refractivity contribution in [3.8, 4) is 0 Å². The number of pyridine rings is 1. The topological polar surface area (TPSA) is 80.1 Å². The van der Waals surface area contributed by atoms with Crippen molar-refractivity contribution in [3.63, 3.8) is 0 Å². The van der Waals surface area contributed by atoms with Crippen LogP contribution in [0.15, 0.2) is 61.1 Å². The lowest BCUT2D eigenvalue weighted by Gasteiger charge is -2.15. The number of amides is 2. The first-order chi connectivity index (χ1) is 13.7. The molecule has 0 aliphatic carbocycles. The first kappa shape index (κ1) is 17.9. The number of aromatic nitrogens is 3. The molecular formula is C21H21N5O2. The van der Waals surface area contributed by atoms with Crippen molar-refractivity contribution < 1.29 is 9.59 Å². The van der Waals surface area contributed by atoms with Crippen LogP contribution in [-0.4, -0.2) is 33.1 Å². The lowest BCUT2D eigenvalue weighted by atomic mass is 10.2. The summed E-state index contributed by atoms with van der Waals surface area (Å²) in [5.74, 6) is 0.423. The summed E-state index contributed by atoms with van der Waals surface area (Å²) in [6.45, 7) is 1.46. The Balaban J connectivity index is 1.34. The normalized spacial score (nSPS) is 13.7.